The summed E-state index contributed by atoms with van der Waals surface area (Å²) in [6, 6.07) is 28.0. The summed E-state index contributed by atoms with van der Waals surface area (Å²) in [4.78, 5) is 33.3. The predicted molar refractivity (Wildman–Crippen MR) is 146 cm³/mol. The maximum Gasteiger partial charge on any atom is 0.257 e. The summed E-state index contributed by atoms with van der Waals surface area (Å²) in [7, 11) is 0. The lowest BCUT2D eigenvalue weighted by Gasteiger charge is -2.45. The molecule has 1 fully saturated rings. The summed E-state index contributed by atoms with van der Waals surface area (Å²) in [5.41, 5.74) is 3.98. The molecule has 0 aliphatic carbocycles. The standard InChI is InChI=1S/C31H35N3O3/c1-3-30(35)34(25-14-8-5-9-15-25)28-20-23(2)33(27-17-11-10-16-26(27)28)31(36)29-22-32(18-19-37-29)21-24-12-6-4-7-13-24/h4-17,23,28-29H,3,18-22H2,1-2H3/t23-,28+,29?/m1/s1. The second-order valence-corrected chi connectivity index (χ2v) is 9.90. The highest BCUT2D eigenvalue weighted by atomic mass is 16.5. The highest BCUT2D eigenvalue weighted by Gasteiger charge is 2.41. The predicted octanol–water partition coefficient (Wildman–Crippen LogP) is 5.20. The molecule has 0 N–H and O–H groups in total. The van der Waals surface area contributed by atoms with E-state index in [0.717, 1.165) is 30.0 Å². The maximum atomic E-state index is 14.0. The number of hydrogen-bond donors (Lipinski definition) is 0. The van der Waals surface area contributed by atoms with Crippen LogP contribution < -0.4 is 9.80 Å². The molecule has 0 bridgehead atoms. The zero-order chi connectivity index (χ0) is 25.8. The number of ether oxygens (including phenoxy) is 1. The number of carbonyl (C=O) groups excluding carboxylic acids is 2. The van der Waals surface area contributed by atoms with E-state index >= 15 is 0 Å². The van der Waals surface area contributed by atoms with Crippen LogP contribution in [0.5, 0.6) is 0 Å². The van der Waals surface area contributed by atoms with E-state index in [4.69, 9.17) is 4.74 Å². The van der Waals surface area contributed by atoms with E-state index in [2.05, 4.69) is 30.0 Å². The van der Waals surface area contributed by atoms with E-state index < -0.39 is 6.10 Å². The van der Waals surface area contributed by atoms with Gasteiger partial charge in [-0.05, 0) is 42.7 Å². The molecular formula is C31H35N3O3. The minimum atomic E-state index is -0.521. The van der Waals surface area contributed by atoms with Gasteiger partial charge in [0, 0.05) is 43.5 Å². The molecule has 2 heterocycles. The monoisotopic (exact) mass is 497 g/mol. The first kappa shape index (κ1) is 25.2. The summed E-state index contributed by atoms with van der Waals surface area (Å²) in [5.74, 6) is 0.0642. The molecule has 1 unspecified atom stereocenters. The summed E-state index contributed by atoms with van der Waals surface area (Å²) >= 11 is 0. The van der Waals surface area contributed by atoms with Gasteiger partial charge in [0.25, 0.3) is 5.91 Å². The molecule has 6 heteroatoms. The fourth-order valence-electron chi connectivity index (χ4n) is 5.61. The van der Waals surface area contributed by atoms with Crippen LogP contribution in [0, 0.1) is 0 Å². The van der Waals surface area contributed by atoms with Crippen molar-refractivity contribution >= 4 is 23.2 Å². The number of benzene rings is 3. The Morgan fingerprint density at radius 1 is 0.946 bits per heavy atom. The summed E-state index contributed by atoms with van der Waals surface area (Å²) in [5, 5.41) is 0. The van der Waals surface area contributed by atoms with Crippen molar-refractivity contribution in [2.24, 2.45) is 0 Å². The van der Waals surface area contributed by atoms with Crippen molar-refractivity contribution in [3.05, 3.63) is 96.1 Å². The largest absolute Gasteiger partial charge is 0.366 e. The number of anilines is 2. The van der Waals surface area contributed by atoms with Crippen LogP contribution in [0.15, 0.2) is 84.9 Å². The molecule has 0 saturated carbocycles. The van der Waals surface area contributed by atoms with E-state index in [9.17, 15) is 9.59 Å². The molecular weight excluding hydrogens is 462 g/mol. The Morgan fingerprint density at radius 3 is 2.35 bits per heavy atom. The minimum Gasteiger partial charge on any atom is -0.366 e. The first-order valence-electron chi connectivity index (χ1n) is 13.2. The van der Waals surface area contributed by atoms with Crippen molar-refractivity contribution in [3.63, 3.8) is 0 Å². The molecule has 37 heavy (non-hydrogen) atoms. The van der Waals surface area contributed by atoms with Crippen LogP contribution in [-0.2, 0) is 20.9 Å². The molecule has 2 aliphatic heterocycles. The Kier molecular flexibility index (Phi) is 7.68. The van der Waals surface area contributed by atoms with Crippen molar-refractivity contribution < 1.29 is 14.3 Å². The Hall–Kier alpha value is -3.48. The molecule has 0 spiro atoms. The van der Waals surface area contributed by atoms with Gasteiger partial charge in [-0.1, -0.05) is 73.7 Å². The number of para-hydroxylation sites is 2. The van der Waals surface area contributed by atoms with E-state index in [1.165, 1.54) is 5.56 Å². The van der Waals surface area contributed by atoms with Gasteiger partial charge >= 0.3 is 0 Å². The van der Waals surface area contributed by atoms with Crippen molar-refractivity contribution in [1.29, 1.82) is 0 Å². The Balaban J connectivity index is 1.41. The average molecular weight is 498 g/mol. The average Bonchev–Trinajstić information content (AvgIpc) is 2.94. The summed E-state index contributed by atoms with van der Waals surface area (Å²) in [6.45, 7) is 6.67. The van der Waals surface area contributed by atoms with Gasteiger partial charge in [0.1, 0.15) is 6.10 Å². The third-order valence-electron chi connectivity index (χ3n) is 7.39. The van der Waals surface area contributed by atoms with Gasteiger partial charge in [-0.25, -0.2) is 0 Å². The van der Waals surface area contributed by atoms with Gasteiger partial charge in [-0.2, -0.15) is 0 Å². The third-order valence-corrected chi connectivity index (χ3v) is 7.39. The van der Waals surface area contributed by atoms with E-state index in [0.29, 0.717) is 26.0 Å². The van der Waals surface area contributed by atoms with Crippen molar-refractivity contribution in [2.75, 3.05) is 29.5 Å². The number of morpholine rings is 1. The van der Waals surface area contributed by atoms with Gasteiger partial charge in [0.05, 0.1) is 12.6 Å². The van der Waals surface area contributed by atoms with Gasteiger partial charge in [-0.15, -0.1) is 0 Å². The van der Waals surface area contributed by atoms with Gasteiger partial charge < -0.3 is 14.5 Å². The van der Waals surface area contributed by atoms with E-state index in [-0.39, 0.29) is 23.9 Å². The highest BCUT2D eigenvalue weighted by Crippen LogP contribution is 2.42. The molecule has 192 valence electrons. The molecule has 3 atom stereocenters. The molecule has 0 radical (unpaired) electrons. The molecule has 3 aromatic rings. The second-order valence-electron chi connectivity index (χ2n) is 9.90. The second kappa shape index (κ2) is 11.3. The fourth-order valence-corrected chi connectivity index (χ4v) is 5.61. The first-order valence-corrected chi connectivity index (χ1v) is 13.2. The number of fused-ring (bicyclic) bond motifs is 1. The highest BCUT2D eigenvalue weighted by molar-refractivity contribution is 6.00. The zero-order valence-electron chi connectivity index (χ0n) is 21.6. The Morgan fingerprint density at radius 2 is 1.62 bits per heavy atom. The lowest BCUT2D eigenvalue weighted by atomic mass is 9.89. The fraction of sp³-hybridized carbons (Fsp3) is 0.355. The lowest BCUT2D eigenvalue weighted by molar-refractivity contribution is -0.136. The van der Waals surface area contributed by atoms with Crippen molar-refractivity contribution in [3.8, 4) is 0 Å². The summed E-state index contributed by atoms with van der Waals surface area (Å²) in [6.07, 6.45) is 0.550. The lowest BCUT2D eigenvalue weighted by Crippen LogP contribution is -2.55. The molecule has 6 nitrogen and oxygen atoms in total. The number of amides is 2. The zero-order valence-corrected chi connectivity index (χ0v) is 21.6. The number of carbonyl (C=O) groups is 2. The maximum absolute atomic E-state index is 14.0. The molecule has 5 rings (SSSR count). The third kappa shape index (κ3) is 5.31. The minimum absolute atomic E-state index is 0.00996. The van der Waals surface area contributed by atoms with Crippen LogP contribution in [0.2, 0.25) is 0 Å². The van der Waals surface area contributed by atoms with Crippen molar-refractivity contribution in [1.82, 2.24) is 4.90 Å². The van der Waals surface area contributed by atoms with Crippen LogP contribution in [0.1, 0.15) is 43.9 Å². The topological polar surface area (TPSA) is 53.1 Å². The van der Waals surface area contributed by atoms with Crippen LogP contribution >= 0.6 is 0 Å². The Labute approximate surface area is 219 Å². The molecule has 0 aromatic heterocycles. The van der Waals surface area contributed by atoms with Crippen LogP contribution in [0.25, 0.3) is 0 Å². The molecule has 3 aromatic carbocycles. The number of hydrogen-bond acceptors (Lipinski definition) is 4. The van der Waals surface area contributed by atoms with Gasteiger partial charge in [0.15, 0.2) is 0 Å². The summed E-state index contributed by atoms with van der Waals surface area (Å²) < 4.78 is 6.03. The van der Waals surface area contributed by atoms with Crippen LogP contribution in [0.4, 0.5) is 11.4 Å². The van der Waals surface area contributed by atoms with Gasteiger partial charge in [-0.3, -0.25) is 14.5 Å². The Bertz CT molecular complexity index is 1220. The molecule has 2 aliphatic rings. The number of nitrogens with zero attached hydrogens (tertiary/aromatic N) is 3. The molecule has 2 amide bonds. The van der Waals surface area contributed by atoms with E-state index in [1.54, 1.807) is 0 Å². The first-order chi connectivity index (χ1) is 18.1. The van der Waals surface area contributed by atoms with Crippen molar-refractivity contribution in [2.45, 2.75) is 51.4 Å². The number of rotatable bonds is 6. The normalized spacial score (nSPS) is 21.8. The molecule has 1 saturated heterocycles. The van der Waals surface area contributed by atoms with Crippen LogP contribution in [0.3, 0.4) is 0 Å². The van der Waals surface area contributed by atoms with E-state index in [1.807, 2.05) is 83.5 Å². The smallest absolute Gasteiger partial charge is 0.257 e. The van der Waals surface area contributed by atoms with Gasteiger partial charge in [0.2, 0.25) is 5.91 Å². The van der Waals surface area contributed by atoms with Crippen LogP contribution in [-0.4, -0.2) is 48.6 Å². The quantitative estimate of drug-likeness (QED) is 0.470. The SMILES string of the molecule is CCC(=O)N(c1ccccc1)[C@H]1C[C@@H](C)N(C(=O)C2CN(Cc3ccccc3)CCO2)c2ccccc21.